The topological polar surface area (TPSA) is 26.3 Å². The van der Waals surface area contributed by atoms with E-state index in [1.807, 2.05) is 0 Å². The third-order valence-electron chi connectivity index (χ3n) is 2.51. The van der Waals surface area contributed by atoms with E-state index in [4.69, 9.17) is 0 Å². The van der Waals surface area contributed by atoms with Crippen molar-refractivity contribution in [3.63, 3.8) is 0 Å². The highest BCUT2D eigenvalue weighted by atomic mass is 19.4. The van der Waals surface area contributed by atoms with Crippen molar-refractivity contribution in [2.24, 2.45) is 11.3 Å². The Kier molecular flexibility index (Phi) is 5.92. The van der Waals surface area contributed by atoms with Crippen molar-refractivity contribution in [3.05, 3.63) is 0 Å². The van der Waals surface area contributed by atoms with Gasteiger partial charge in [-0.05, 0) is 18.3 Å². The maximum Gasteiger partial charge on any atom is 0.434 e. The quantitative estimate of drug-likeness (QED) is 0.565. The minimum absolute atomic E-state index is 0.110. The van der Waals surface area contributed by atoms with Crippen LogP contribution in [0.1, 0.15) is 40.5 Å². The lowest BCUT2D eigenvalue weighted by Gasteiger charge is -2.27. The van der Waals surface area contributed by atoms with Gasteiger partial charge in [-0.1, -0.05) is 27.7 Å². The van der Waals surface area contributed by atoms with Gasteiger partial charge in [0.25, 0.3) is 6.10 Å². The van der Waals surface area contributed by atoms with Crippen LogP contribution in [0.5, 0.6) is 0 Å². The number of ether oxygens (including phenoxy) is 1. The Morgan fingerprint density at radius 3 is 1.65 bits per heavy atom. The second-order valence-electron chi connectivity index (χ2n) is 5.77. The standard InChI is InChI=1S/C12H18F6O2/c1-5-7(6-10(2,3)4)8(19)20-9(11(13,14)15)12(16,17)18/h7,9H,5-6H2,1-4H3. The van der Waals surface area contributed by atoms with Crippen molar-refractivity contribution < 1.29 is 35.9 Å². The van der Waals surface area contributed by atoms with Crippen LogP contribution in [0, 0.1) is 11.3 Å². The first kappa shape index (κ1) is 19.1. The van der Waals surface area contributed by atoms with E-state index in [0.717, 1.165) is 0 Å². The van der Waals surface area contributed by atoms with Crippen molar-refractivity contribution in [3.8, 4) is 0 Å². The lowest BCUT2D eigenvalue weighted by molar-refractivity contribution is -0.314. The zero-order chi connectivity index (χ0) is 16.4. The van der Waals surface area contributed by atoms with Crippen molar-refractivity contribution in [1.29, 1.82) is 0 Å². The number of hydrogen-bond acceptors (Lipinski definition) is 2. The molecule has 0 fully saturated rings. The van der Waals surface area contributed by atoms with Crippen LogP contribution in [0.2, 0.25) is 0 Å². The minimum Gasteiger partial charge on any atom is -0.443 e. The van der Waals surface area contributed by atoms with Gasteiger partial charge in [0.15, 0.2) is 0 Å². The molecule has 0 heterocycles. The molecule has 2 nitrogen and oxygen atoms in total. The van der Waals surface area contributed by atoms with Gasteiger partial charge in [-0.3, -0.25) is 4.79 Å². The van der Waals surface area contributed by atoms with Crippen LogP contribution < -0.4 is 0 Å². The number of alkyl halides is 6. The molecule has 0 aromatic rings. The van der Waals surface area contributed by atoms with Crippen LogP contribution >= 0.6 is 0 Å². The summed E-state index contributed by atoms with van der Waals surface area (Å²) < 4.78 is 77.4. The maximum absolute atomic E-state index is 12.3. The summed E-state index contributed by atoms with van der Waals surface area (Å²) in [5, 5.41) is 0. The monoisotopic (exact) mass is 308 g/mol. The molecule has 1 unspecified atom stereocenters. The molecule has 0 aromatic heterocycles. The molecule has 0 radical (unpaired) electrons. The maximum atomic E-state index is 12.3. The molecule has 0 amide bonds. The number of halogens is 6. The molecule has 0 spiro atoms. The Balaban J connectivity index is 5.01. The van der Waals surface area contributed by atoms with E-state index in [0.29, 0.717) is 0 Å². The zero-order valence-electron chi connectivity index (χ0n) is 11.7. The molecule has 0 bridgehead atoms. The summed E-state index contributed by atoms with van der Waals surface area (Å²) in [6, 6.07) is 0. The molecule has 120 valence electrons. The Hall–Kier alpha value is -0.950. The Bertz CT molecular complexity index is 312. The van der Waals surface area contributed by atoms with Gasteiger partial charge < -0.3 is 4.74 Å². The van der Waals surface area contributed by atoms with Gasteiger partial charge in [-0.2, -0.15) is 26.3 Å². The van der Waals surface area contributed by atoms with E-state index in [9.17, 15) is 31.1 Å². The fourth-order valence-electron chi connectivity index (χ4n) is 1.67. The molecule has 0 aliphatic heterocycles. The second-order valence-corrected chi connectivity index (χ2v) is 5.77. The number of carbonyl (C=O) groups excluding carboxylic acids is 1. The Morgan fingerprint density at radius 2 is 1.40 bits per heavy atom. The highest BCUT2D eigenvalue weighted by Crippen LogP contribution is 2.37. The van der Waals surface area contributed by atoms with Gasteiger partial charge in [0.05, 0.1) is 5.92 Å². The van der Waals surface area contributed by atoms with Crippen LogP contribution in [0.25, 0.3) is 0 Å². The molecule has 20 heavy (non-hydrogen) atoms. The first-order valence-corrected chi connectivity index (χ1v) is 6.02. The number of hydrogen-bond donors (Lipinski definition) is 0. The minimum atomic E-state index is -5.67. The highest BCUT2D eigenvalue weighted by molar-refractivity contribution is 5.72. The van der Waals surface area contributed by atoms with E-state index in [2.05, 4.69) is 4.74 Å². The van der Waals surface area contributed by atoms with Gasteiger partial charge in [0.1, 0.15) is 0 Å². The highest BCUT2D eigenvalue weighted by Gasteiger charge is 2.60. The van der Waals surface area contributed by atoms with Gasteiger partial charge in [-0.15, -0.1) is 0 Å². The number of carbonyl (C=O) groups is 1. The lowest BCUT2D eigenvalue weighted by Crippen LogP contribution is -2.46. The lowest BCUT2D eigenvalue weighted by atomic mass is 9.83. The molecule has 0 aromatic carbocycles. The average Bonchev–Trinajstić information content (AvgIpc) is 2.17. The van der Waals surface area contributed by atoms with E-state index < -0.39 is 35.8 Å². The second kappa shape index (κ2) is 6.22. The predicted octanol–water partition coefficient (Wildman–Crippen LogP) is 4.49. The van der Waals surface area contributed by atoms with Gasteiger partial charge in [-0.25, -0.2) is 0 Å². The van der Waals surface area contributed by atoms with E-state index in [1.165, 1.54) is 6.92 Å². The summed E-state index contributed by atoms with van der Waals surface area (Å²) in [7, 11) is 0. The smallest absolute Gasteiger partial charge is 0.434 e. The Morgan fingerprint density at radius 1 is 1.00 bits per heavy atom. The average molecular weight is 308 g/mol. The number of esters is 1. The fourth-order valence-corrected chi connectivity index (χ4v) is 1.67. The van der Waals surface area contributed by atoms with E-state index in [-0.39, 0.29) is 12.8 Å². The summed E-state index contributed by atoms with van der Waals surface area (Å²) in [5.41, 5.74) is -0.411. The van der Waals surface area contributed by atoms with E-state index in [1.54, 1.807) is 20.8 Å². The number of rotatable bonds is 4. The summed E-state index contributed by atoms with van der Waals surface area (Å²) in [5.74, 6) is -2.47. The van der Waals surface area contributed by atoms with Gasteiger partial charge >= 0.3 is 18.3 Å². The van der Waals surface area contributed by atoms with Crippen LogP contribution in [-0.4, -0.2) is 24.4 Å². The Labute approximate surface area is 113 Å². The van der Waals surface area contributed by atoms with Crippen LogP contribution in [-0.2, 0) is 9.53 Å². The summed E-state index contributed by atoms with van der Waals surface area (Å²) in [4.78, 5) is 11.5. The first-order chi connectivity index (χ1) is 8.68. The molecule has 0 aliphatic rings. The third kappa shape index (κ3) is 6.47. The molecule has 1 atom stereocenters. The SMILES string of the molecule is CCC(CC(C)(C)C)C(=O)OC(C(F)(F)F)C(F)(F)F. The van der Waals surface area contributed by atoms with Gasteiger partial charge in [0.2, 0.25) is 0 Å². The molecule has 0 saturated heterocycles. The largest absolute Gasteiger partial charge is 0.443 e. The molecule has 0 rings (SSSR count). The summed E-state index contributed by atoms with van der Waals surface area (Å²) in [6.07, 6.45) is -15.2. The molecule has 8 heteroatoms. The molecule has 0 saturated carbocycles. The van der Waals surface area contributed by atoms with Crippen molar-refractivity contribution in [2.45, 2.75) is 59.0 Å². The van der Waals surface area contributed by atoms with Crippen molar-refractivity contribution in [1.82, 2.24) is 0 Å². The molecular weight excluding hydrogens is 290 g/mol. The summed E-state index contributed by atoms with van der Waals surface area (Å²) in [6.45, 7) is 6.70. The van der Waals surface area contributed by atoms with Gasteiger partial charge in [0, 0.05) is 0 Å². The molecule has 0 N–H and O–H groups in total. The van der Waals surface area contributed by atoms with E-state index >= 15 is 0 Å². The normalized spacial score (nSPS) is 15.3. The molecular formula is C12H18F6O2. The zero-order valence-corrected chi connectivity index (χ0v) is 11.7. The third-order valence-corrected chi connectivity index (χ3v) is 2.51. The molecule has 0 aliphatic carbocycles. The van der Waals surface area contributed by atoms with Crippen molar-refractivity contribution >= 4 is 5.97 Å². The van der Waals surface area contributed by atoms with Crippen LogP contribution in [0.3, 0.4) is 0 Å². The predicted molar refractivity (Wildman–Crippen MR) is 59.8 cm³/mol. The van der Waals surface area contributed by atoms with Crippen molar-refractivity contribution in [2.75, 3.05) is 0 Å². The first-order valence-electron chi connectivity index (χ1n) is 6.02. The van der Waals surface area contributed by atoms with Crippen LogP contribution in [0.4, 0.5) is 26.3 Å². The summed E-state index contributed by atoms with van der Waals surface area (Å²) >= 11 is 0. The fraction of sp³-hybridized carbons (Fsp3) is 0.917. The van der Waals surface area contributed by atoms with Crippen LogP contribution in [0.15, 0.2) is 0 Å².